The maximum Gasteiger partial charge on any atom is 0.339 e. The summed E-state index contributed by atoms with van der Waals surface area (Å²) in [5, 5.41) is 21.6. The van der Waals surface area contributed by atoms with Gasteiger partial charge in [0, 0.05) is 12.3 Å². The Hall–Kier alpha value is -3.38. The fourth-order valence-corrected chi connectivity index (χ4v) is 3.87. The molecular formula is C33H47NO5. The van der Waals surface area contributed by atoms with Gasteiger partial charge in [-0.15, -0.1) is 0 Å². The van der Waals surface area contributed by atoms with Crippen molar-refractivity contribution in [3.05, 3.63) is 84.5 Å². The summed E-state index contributed by atoms with van der Waals surface area (Å²) in [5.41, 5.74) is -0.940. The van der Waals surface area contributed by atoms with Crippen molar-refractivity contribution < 1.29 is 24.5 Å². The highest BCUT2D eigenvalue weighted by atomic mass is 16.5. The number of rotatable bonds is 20. The average molecular weight is 538 g/mol. The quantitative estimate of drug-likeness (QED) is 0.0880. The molecule has 6 heteroatoms. The Morgan fingerprint density at radius 3 is 1.87 bits per heavy atom. The third kappa shape index (κ3) is 13.8. The van der Waals surface area contributed by atoms with Crippen molar-refractivity contribution in [1.29, 1.82) is 0 Å². The smallest absolute Gasteiger partial charge is 0.339 e. The number of aromatic carboxylic acids is 1. The van der Waals surface area contributed by atoms with Gasteiger partial charge in [-0.2, -0.15) is 0 Å². The molecule has 0 saturated heterocycles. The SMILES string of the molecule is CC/C=C\C/C=C\C/C=C\C/C=C\C/C=C\CCCCOC(CC)(CC)C(=O)Nc1ccc(O)c(C(=O)O)c1. The molecule has 0 aliphatic carbocycles. The van der Waals surface area contributed by atoms with E-state index in [0.717, 1.165) is 51.4 Å². The number of carboxylic acid groups (broad SMARTS) is 1. The van der Waals surface area contributed by atoms with Gasteiger partial charge in [0.25, 0.3) is 5.91 Å². The number of phenols is 1. The van der Waals surface area contributed by atoms with Crippen LogP contribution in [0.1, 0.15) is 95.3 Å². The summed E-state index contributed by atoms with van der Waals surface area (Å²) in [7, 11) is 0. The molecule has 1 amide bonds. The molecule has 0 heterocycles. The van der Waals surface area contributed by atoms with E-state index in [1.165, 1.54) is 18.2 Å². The fraction of sp³-hybridized carbons (Fsp3) is 0.455. The molecule has 0 atom stereocenters. The van der Waals surface area contributed by atoms with Crippen LogP contribution in [-0.4, -0.2) is 34.3 Å². The standard InChI is InChI=1S/C33H47NO5/c1-4-7-8-9-10-11-12-13-14-15-16-17-18-19-20-21-22-23-26-39-33(5-2,6-3)32(38)34-28-24-25-30(35)29(27-28)31(36)37/h7-8,10-11,13-14,16-17,19-20,24-25,27,35H,4-6,9,12,15,18,21-23,26H2,1-3H3,(H,34,38)(H,36,37)/b8-7-,11-10-,14-13-,17-16-,20-19-. The van der Waals surface area contributed by atoms with Crippen molar-refractivity contribution in [1.82, 2.24) is 0 Å². The largest absolute Gasteiger partial charge is 0.507 e. The summed E-state index contributed by atoms with van der Waals surface area (Å²) < 4.78 is 6.07. The molecule has 0 spiro atoms. The van der Waals surface area contributed by atoms with Crippen molar-refractivity contribution in [2.45, 2.75) is 90.6 Å². The number of ether oxygens (including phenoxy) is 1. The van der Waals surface area contributed by atoms with Crippen molar-refractivity contribution >= 4 is 17.6 Å². The minimum Gasteiger partial charge on any atom is -0.507 e. The third-order valence-electron chi connectivity index (χ3n) is 6.34. The van der Waals surface area contributed by atoms with E-state index in [0.29, 0.717) is 25.1 Å². The second kappa shape index (κ2) is 20.6. The predicted molar refractivity (Wildman–Crippen MR) is 161 cm³/mol. The lowest BCUT2D eigenvalue weighted by atomic mass is 9.95. The van der Waals surface area contributed by atoms with E-state index >= 15 is 0 Å². The zero-order valence-corrected chi connectivity index (χ0v) is 23.9. The first-order valence-corrected chi connectivity index (χ1v) is 14.2. The highest BCUT2D eigenvalue weighted by Crippen LogP contribution is 2.26. The van der Waals surface area contributed by atoms with Gasteiger partial charge in [-0.25, -0.2) is 4.79 Å². The molecule has 1 aromatic rings. The van der Waals surface area contributed by atoms with E-state index in [9.17, 15) is 19.8 Å². The lowest BCUT2D eigenvalue weighted by Gasteiger charge is -2.30. The number of hydrogen-bond donors (Lipinski definition) is 3. The van der Waals surface area contributed by atoms with Crippen molar-refractivity contribution in [2.75, 3.05) is 11.9 Å². The number of allylic oxidation sites excluding steroid dienone is 10. The second-order valence-corrected chi connectivity index (χ2v) is 9.24. The third-order valence-corrected chi connectivity index (χ3v) is 6.34. The Bertz CT molecular complexity index is 999. The van der Waals surface area contributed by atoms with Crippen LogP contribution in [0.15, 0.2) is 79.0 Å². The molecule has 0 aromatic heterocycles. The molecule has 0 saturated carbocycles. The van der Waals surface area contributed by atoms with Crippen LogP contribution >= 0.6 is 0 Å². The Morgan fingerprint density at radius 1 is 0.821 bits per heavy atom. The van der Waals surface area contributed by atoms with Crippen LogP contribution in [0.25, 0.3) is 0 Å². The summed E-state index contributed by atoms with van der Waals surface area (Å²) in [6.45, 7) is 6.41. The minimum atomic E-state index is -1.26. The van der Waals surface area contributed by atoms with E-state index in [-0.39, 0.29) is 17.2 Å². The number of nitrogens with one attached hydrogen (secondary N) is 1. The molecule has 1 rings (SSSR count). The molecule has 39 heavy (non-hydrogen) atoms. The van der Waals surface area contributed by atoms with Gasteiger partial charge >= 0.3 is 5.97 Å². The maximum atomic E-state index is 13.0. The Morgan fingerprint density at radius 2 is 1.36 bits per heavy atom. The first kappa shape index (κ1) is 33.6. The van der Waals surface area contributed by atoms with Crippen molar-refractivity contribution in [2.24, 2.45) is 0 Å². The number of amides is 1. The number of aromatic hydroxyl groups is 1. The van der Waals surface area contributed by atoms with Gasteiger partial charge in [0.05, 0.1) is 0 Å². The molecule has 0 unspecified atom stereocenters. The van der Waals surface area contributed by atoms with Gasteiger partial charge in [-0.05, 0) is 82.4 Å². The number of unbranched alkanes of at least 4 members (excludes halogenated alkanes) is 2. The first-order chi connectivity index (χ1) is 18.9. The maximum absolute atomic E-state index is 13.0. The second-order valence-electron chi connectivity index (χ2n) is 9.24. The summed E-state index contributed by atoms with van der Waals surface area (Å²) in [5.74, 6) is -1.92. The number of benzene rings is 1. The average Bonchev–Trinajstić information content (AvgIpc) is 2.93. The summed E-state index contributed by atoms with van der Waals surface area (Å²) in [6.07, 6.45) is 30.6. The molecule has 3 N–H and O–H groups in total. The van der Waals surface area contributed by atoms with Crippen molar-refractivity contribution in [3.8, 4) is 5.75 Å². The van der Waals surface area contributed by atoms with Gasteiger partial charge in [-0.3, -0.25) is 4.79 Å². The molecular weight excluding hydrogens is 490 g/mol. The number of carboxylic acids is 1. The molecule has 1 aromatic carbocycles. The van der Waals surface area contributed by atoms with Crippen molar-refractivity contribution in [3.63, 3.8) is 0 Å². The highest BCUT2D eigenvalue weighted by Gasteiger charge is 2.36. The topological polar surface area (TPSA) is 95.9 Å². The predicted octanol–water partition coefficient (Wildman–Crippen LogP) is 8.53. The van der Waals surface area contributed by atoms with Gasteiger partial charge in [-0.1, -0.05) is 81.5 Å². The monoisotopic (exact) mass is 537 g/mol. The van der Waals surface area contributed by atoms with Crippen LogP contribution in [0.5, 0.6) is 5.75 Å². The van der Waals surface area contributed by atoms with E-state index < -0.39 is 11.6 Å². The van der Waals surface area contributed by atoms with Gasteiger partial charge in [0.1, 0.15) is 16.9 Å². The molecule has 6 nitrogen and oxygen atoms in total. The number of hydrogen-bond acceptors (Lipinski definition) is 4. The lowest BCUT2D eigenvalue weighted by Crippen LogP contribution is -2.44. The summed E-state index contributed by atoms with van der Waals surface area (Å²) in [6, 6.07) is 3.98. The Balaban J connectivity index is 2.30. The normalized spacial score (nSPS) is 12.6. The highest BCUT2D eigenvalue weighted by molar-refractivity contribution is 5.99. The Labute approximate surface area is 234 Å². The fourth-order valence-electron chi connectivity index (χ4n) is 3.87. The van der Waals surface area contributed by atoms with E-state index in [4.69, 9.17) is 4.74 Å². The summed E-state index contributed by atoms with van der Waals surface area (Å²) >= 11 is 0. The first-order valence-electron chi connectivity index (χ1n) is 14.2. The van der Waals surface area contributed by atoms with Crippen LogP contribution in [0, 0.1) is 0 Å². The summed E-state index contributed by atoms with van der Waals surface area (Å²) in [4.78, 5) is 24.3. The zero-order valence-electron chi connectivity index (χ0n) is 23.9. The lowest BCUT2D eigenvalue weighted by molar-refractivity contribution is -0.143. The number of anilines is 1. The zero-order chi connectivity index (χ0) is 28.8. The number of carbonyl (C=O) groups excluding carboxylic acids is 1. The van der Waals surface area contributed by atoms with E-state index in [2.05, 4.69) is 73.0 Å². The molecule has 0 aliphatic heterocycles. The van der Waals surface area contributed by atoms with Gasteiger partial charge in [0.2, 0.25) is 0 Å². The number of carbonyl (C=O) groups is 2. The van der Waals surface area contributed by atoms with E-state index in [1.54, 1.807) is 0 Å². The molecule has 0 fully saturated rings. The molecule has 214 valence electrons. The molecule has 0 radical (unpaired) electrons. The van der Waals surface area contributed by atoms with Crippen LogP contribution < -0.4 is 5.32 Å². The molecule has 0 bridgehead atoms. The van der Waals surface area contributed by atoms with E-state index in [1.807, 2.05) is 13.8 Å². The van der Waals surface area contributed by atoms with Crippen LogP contribution in [-0.2, 0) is 9.53 Å². The van der Waals surface area contributed by atoms with Crippen LogP contribution in [0.4, 0.5) is 5.69 Å². The van der Waals surface area contributed by atoms with Gasteiger partial charge < -0.3 is 20.3 Å². The van der Waals surface area contributed by atoms with Crippen LogP contribution in [0.3, 0.4) is 0 Å². The van der Waals surface area contributed by atoms with Crippen LogP contribution in [0.2, 0.25) is 0 Å². The Kier molecular flexibility index (Phi) is 17.7. The van der Waals surface area contributed by atoms with Gasteiger partial charge in [0.15, 0.2) is 0 Å². The minimum absolute atomic E-state index is 0.262. The molecule has 0 aliphatic rings.